The Kier molecular flexibility index (Phi) is 2.96. The molecular weight excluding hydrogens is 226 g/mol. The minimum absolute atomic E-state index is 0.633. The Hall–Kier alpha value is -1.21. The second kappa shape index (κ2) is 3.74. The third-order valence-corrected chi connectivity index (χ3v) is 3.68. The van der Waals surface area contributed by atoms with Crippen LogP contribution in [0.15, 0.2) is 17.0 Å². The average Bonchev–Trinajstić information content (AvgIpc) is 2.13. The van der Waals surface area contributed by atoms with Crippen LogP contribution in [0.25, 0.3) is 0 Å². The van der Waals surface area contributed by atoms with Gasteiger partial charge < -0.3 is 5.73 Å². The lowest BCUT2D eigenvalue weighted by Gasteiger charge is -2.12. The van der Waals surface area contributed by atoms with Gasteiger partial charge in [-0.25, -0.2) is 21.5 Å². The predicted molar refractivity (Wildman–Crippen MR) is 51.6 cm³/mol. The van der Waals surface area contributed by atoms with E-state index in [1.54, 1.807) is 0 Å². The average molecular weight is 236 g/mol. The molecule has 0 heterocycles. The van der Waals surface area contributed by atoms with Crippen molar-refractivity contribution in [3.05, 3.63) is 23.8 Å². The van der Waals surface area contributed by atoms with Crippen LogP contribution in [0, 0.1) is 11.6 Å². The normalized spacial score (nSPS) is 12.1. The van der Waals surface area contributed by atoms with Gasteiger partial charge in [0.1, 0.15) is 16.4 Å². The summed E-state index contributed by atoms with van der Waals surface area (Å²) in [6.07, 6.45) is 0. The van der Waals surface area contributed by atoms with Crippen molar-refractivity contribution in [1.82, 2.24) is 4.31 Å². The van der Waals surface area contributed by atoms with Crippen LogP contribution in [0.2, 0.25) is 0 Å². The number of halogens is 2. The van der Waals surface area contributed by atoms with Crippen LogP contribution in [-0.2, 0) is 10.0 Å². The number of hydrogen-bond acceptors (Lipinski definition) is 3. The second-order valence-corrected chi connectivity index (χ2v) is 5.18. The number of sulfonamides is 1. The summed E-state index contributed by atoms with van der Waals surface area (Å²) in [5, 5.41) is 0. The molecule has 0 saturated carbocycles. The van der Waals surface area contributed by atoms with Gasteiger partial charge in [0.25, 0.3) is 0 Å². The zero-order chi connectivity index (χ0) is 11.8. The van der Waals surface area contributed by atoms with Crippen LogP contribution in [0.4, 0.5) is 14.5 Å². The molecule has 0 amide bonds. The largest absolute Gasteiger partial charge is 0.394 e. The van der Waals surface area contributed by atoms with E-state index in [9.17, 15) is 17.2 Å². The van der Waals surface area contributed by atoms with Crippen molar-refractivity contribution in [2.45, 2.75) is 4.90 Å². The SMILES string of the molecule is CN(C)S(=O)(=O)c1ccc(F)c(N)c1F. The molecule has 4 nitrogen and oxygen atoms in total. The van der Waals surface area contributed by atoms with Gasteiger partial charge in [-0.1, -0.05) is 0 Å². The number of nitrogen functional groups attached to an aromatic ring is 1. The van der Waals surface area contributed by atoms with Crippen LogP contribution >= 0.6 is 0 Å². The predicted octanol–water partition coefficient (Wildman–Crippen LogP) is 0.797. The molecule has 2 N–H and O–H groups in total. The minimum atomic E-state index is -3.94. The first-order chi connectivity index (χ1) is 6.78. The third kappa shape index (κ3) is 1.93. The van der Waals surface area contributed by atoms with Crippen molar-refractivity contribution in [3.8, 4) is 0 Å². The molecule has 0 bridgehead atoms. The Morgan fingerprint density at radius 3 is 2.27 bits per heavy atom. The summed E-state index contributed by atoms with van der Waals surface area (Å²) in [5.74, 6) is -2.24. The highest BCUT2D eigenvalue weighted by atomic mass is 32.2. The Morgan fingerprint density at radius 2 is 1.80 bits per heavy atom. The fourth-order valence-electron chi connectivity index (χ4n) is 0.945. The fourth-order valence-corrected chi connectivity index (χ4v) is 1.92. The quantitative estimate of drug-likeness (QED) is 0.772. The molecule has 15 heavy (non-hydrogen) atoms. The molecular formula is C8H10F2N2O2S. The van der Waals surface area contributed by atoms with Crippen molar-refractivity contribution in [1.29, 1.82) is 0 Å². The first kappa shape index (κ1) is 11.9. The number of rotatable bonds is 2. The summed E-state index contributed by atoms with van der Waals surface area (Å²) in [6, 6.07) is 1.66. The van der Waals surface area contributed by atoms with E-state index >= 15 is 0 Å². The molecule has 1 aromatic rings. The third-order valence-electron chi connectivity index (χ3n) is 1.85. The maximum atomic E-state index is 13.3. The first-order valence-corrected chi connectivity index (χ1v) is 5.38. The summed E-state index contributed by atoms with van der Waals surface area (Å²) in [5.41, 5.74) is 4.25. The van der Waals surface area contributed by atoms with Gasteiger partial charge in [-0.2, -0.15) is 0 Å². The number of benzene rings is 1. The van der Waals surface area contributed by atoms with Crippen molar-refractivity contribution in [3.63, 3.8) is 0 Å². The molecule has 0 aliphatic rings. The number of nitrogens with zero attached hydrogens (tertiary/aromatic N) is 1. The van der Waals surface area contributed by atoms with Gasteiger partial charge in [0.15, 0.2) is 5.82 Å². The minimum Gasteiger partial charge on any atom is -0.394 e. The maximum Gasteiger partial charge on any atom is 0.245 e. The molecule has 7 heteroatoms. The van der Waals surface area contributed by atoms with E-state index in [1.165, 1.54) is 14.1 Å². The van der Waals surface area contributed by atoms with E-state index in [1.807, 2.05) is 0 Å². The van der Waals surface area contributed by atoms with Crippen molar-refractivity contribution < 1.29 is 17.2 Å². The van der Waals surface area contributed by atoms with Crippen LogP contribution in [0.3, 0.4) is 0 Å². The fraction of sp³-hybridized carbons (Fsp3) is 0.250. The monoisotopic (exact) mass is 236 g/mol. The van der Waals surface area contributed by atoms with Gasteiger partial charge in [-0.05, 0) is 12.1 Å². The lowest BCUT2D eigenvalue weighted by atomic mass is 10.3. The Bertz CT molecular complexity index is 486. The molecule has 0 radical (unpaired) electrons. The van der Waals surface area contributed by atoms with Gasteiger partial charge in [-0.15, -0.1) is 0 Å². The summed E-state index contributed by atoms with van der Waals surface area (Å²) in [7, 11) is -1.45. The standard InChI is InChI=1S/C8H10F2N2O2S/c1-12(2)15(13,14)6-4-3-5(9)8(11)7(6)10/h3-4H,11H2,1-2H3. The Morgan fingerprint density at radius 1 is 1.27 bits per heavy atom. The van der Waals surface area contributed by atoms with Gasteiger partial charge >= 0.3 is 0 Å². The van der Waals surface area contributed by atoms with E-state index in [2.05, 4.69) is 0 Å². The maximum absolute atomic E-state index is 13.3. The van der Waals surface area contributed by atoms with Gasteiger partial charge in [-0.3, -0.25) is 0 Å². The van der Waals surface area contributed by atoms with Crippen molar-refractivity contribution in [2.24, 2.45) is 0 Å². The number of hydrogen-bond donors (Lipinski definition) is 1. The highest BCUT2D eigenvalue weighted by Gasteiger charge is 2.24. The molecule has 0 atom stereocenters. The highest BCUT2D eigenvalue weighted by Crippen LogP contribution is 2.24. The molecule has 0 aliphatic heterocycles. The lowest BCUT2D eigenvalue weighted by molar-refractivity contribution is 0.506. The molecule has 0 aliphatic carbocycles. The summed E-state index contributed by atoms with van der Waals surface area (Å²) < 4.78 is 50.0. The van der Waals surface area contributed by atoms with Gasteiger partial charge in [0.2, 0.25) is 10.0 Å². The van der Waals surface area contributed by atoms with Crippen LogP contribution in [0.1, 0.15) is 0 Å². The molecule has 84 valence electrons. The van der Waals surface area contributed by atoms with Crippen LogP contribution in [0.5, 0.6) is 0 Å². The molecule has 0 spiro atoms. The van der Waals surface area contributed by atoms with Crippen molar-refractivity contribution >= 4 is 15.7 Å². The molecule has 0 fully saturated rings. The summed E-state index contributed by atoms with van der Waals surface area (Å²) in [4.78, 5) is -0.633. The van der Waals surface area contributed by atoms with E-state index in [-0.39, 0.29) is 0 Å². The molecule has 0 unspecified atom stereocenters. The molecule has 0 aromatic heterocycles. The summed E-state index contributed by atoms with van der Waals surface area (Å²) in [6.45, 7) is 0. The molecule has 1 rings (SSSR count). The first-order valence-electron chi connectivity index (χ1n) is 3.94. The number of nitrogens with two attached hydrogens (primary N) is 1. The topological polar surface area (TPSA) is 63.4 Å². The smallest absolute Gasteiger partial charge is 0.245 e. The van der Waals surface area contributed by atoms with Crippen molar-refractivity contribution in [2.75, 3.05) is 19.8 Å². The van der Waals surface area contributed by atoms with Gasteiger partial charge in [0.05, 0.1) is 0 Å². The number of anilines is 1. The van der Waals surface area contributed by atoms with Crippen LogP contribution < -0.4 is 5.73 Å². The van der Waals surface area contributed by atoms with E-state index in [0.717, 1.165) is 16.4 Å². The molecule has 0 saturated heterocycles. The zero-order valence-corrected chi connectivity index (χ0v) is 8.98. The highest BCUT2D eigenvalue weighted by molar-refractivity contribution is 7.89. The molecule has 1 aromatic carbocycles. The Labute approximate surface area is 86.4 Å². The zero-order valence-electron chi connectivity index (χ0n) is 8.16. The second-order valence-electron chi connectivity index (χ2n) is 3.06. The Balaban J connectivity index is 3.48. The van der Waals surface area contributed by atoms with E-state index in [4.69, 9.17) is 5.73 Å². The van der Waals surface area contributed by atoms with Gasteiger partial charge in [0, 0.05) is 14.1 Å². The van der Waals surface area contributed by atoms with E-state index < -0.39 is 32.2 Å². The lowest BCUT2D eigenvalue weighted by Crippen LogP contribution is -2.23. The van der Waals surface area contributed by atoms with Crippen LogP contribution in [-0.4, -0.2) is 26.8 Å². The summed E-state index contributed by atoms with van der Waals surface area (Å²) >= 11 is 0. The van der Waals surface area contributed by atoms with E-state index in [0.29, 0.717) is 0 Å².